The summed E-state index contributed by atoms with van der Waals surface area (Å²) in [6, 6.07) is -1.14. The van der Waals surface area contributed by atoms with Gasteiger partial charge in [-0.05, 0) is 11.3 Å². The van der Waals surface area contributed by atoms with Gasteiger partial charge in [0.25, 0.3) is 5.91 Å². The molecule has 3 N–H and O–H groups in total. The average Bonchev–Trinajstić information content (AvgIpc) is 2.86. The topological polar surface area (TPSA) is 166 Å². The van der Waals surface area contributed by atoms with Gasteiger partial charge in [-0.3, -0.25) is 20.1 Å². The number of hydrogen-bond donors (Lipinski definition) is 3. The van der Waals surface area contributed by atoms with Crippen LogP contribution in [0.3, 0.4) is 0 Å². The average molecular weight is 329 g/mol. The van der Waals surface area contributed by atoms with E-state index in [0.29, 0.717) is 5.82 Å². The number of ether oxygens (including phenoxy) is 1. The number of imidazole rings is 1. The van der Waals surface area contributed by atoms with E-state index in [0.717, 1.165) is 6.20 Å². The number of amides is 3. The van der Waals surface area contributed by atoms with E-state index in [4.69, 9.17) is 5.21 Å². The molecular formula is C11H15N5O7. The molecule has 0 aliphatic rings. The minimum Gasteiger partial charge on any atom is -0.456 e. The van der Waals surface area contributed by atoms with Crippen molar-refractivity contribution >= 4 is 23.7 Å². The number of imide groups is 1. The molecule has 1 aromatic heterocycles. The maximum Gasteiger partial charge on any atom is 0.345 e. The highest BCUT2D eigenvalue weighted by atomic mass is 16.6. The Bertz CT molecular complexity index is 612. The summed E-state index contributed by atoms with van der Waals surface area (Å²) in [7, 11) is 0. The lowest BCUT2D eigenvalue weighted by Gasteiger charge is -2.05. The molecule has 1 aromatic rings. The van der Waals surface area contributed by atoms with Gasteiger partial charge in [0.15, 0.2) is 12.4 Å². The van der Waals surface area contributed by atoms with Crippen molar-refractivity contribution in [2.24, 2.45) is 0 Å². The number of esters is 1. The number of nitro groups is 1. The van der Waals surface area contributed by atoms with Gasteiger partial charge in [-0.1, -0.05) is 0 Å². The van der Waals surface area contributed by atoms with Crippen molar-refractivity contribution < 1.29 is 29.3 Å². The number of carbonyl (C=O) groups is 3. The smallest absolute Gasteiger partial charge is 0.345 e. The van der Waals surface area contributed by atoms with Crippen LogP contribution < -0.4 is 10.8 Å². The number of urea groups is 1. The van der Waals surface area contributed by atoms with E-state index < -0.39 is 29.4 Å². The first kappa shape index (κ1) is 18.0. The summed E-state index contributed by atoms with van der Waals surface area (Å²) in [5, 5.41) is 20.6. The standard InChI is InChI=1S/C11H15N5O7/c1-7-12-5-9(16(21)22)15(7)4-2-3-10(18)23-6-8(17)13-11(19)14-20/h5,20H,2-4,6H2,1H3,(H2,13,14,17,19). The summed E-state index contributed by atoms with van der Waals surface area (Å²) < 4.78 is 5.96. The minimum absolute atomic E-state index is 0.0751. The Hall–Kier alpha value is -3.02. The maximum atomic E-state index is 11.4. The molecule has 3 amide bonds. The van der Waals surface area contributed by atoms with Gasteiger partial charge in [-0.2, -0.15) is 0 Å². The Morgan fingerprint density at radius 3 is 2.78 bits per heavy atom. The summed E-state index contributed by atoms with van der Waals surface area (Å²) in [6.07, 6.45) is 1.30. The van der Waals surface area contributed by atoms with Crippen molar-refractivity contribution in [3.05, 3.63) is 22.1 Å². The van der Waals surface area contributed by atoms with E-state index in [9.17, 15) is 24.5 Å². The Kier molecular flexibility index (Phi) is 6.61. The molecule has 126 valence electrons. The van der Waals surface area contributed by atoms with E-state index >= 15 is 0 Å². The lowest BCUT2D eigenvalue weighted by Crippen LogP contribution is -2.40. The SMILES string of the molecule is Cc1ncc([N+](=O)[O-])n1CCCC(=O)OCC(=O)NC(=O)NO. The number of aromatic nitrogens is 2. The fraction of sp³-hybridized carbons (Fsp3) is 0.455. The Labute approximate surface area is 129 Å². The van der Waals surface area contributed by atoms with Crippen molar-refractivity contribution in [3.8, 4) is 0 Å². The third-order valence-electron chi connectivity index (χ3n) is 2.70. The molecule has 0 bridgehead atoms. The molecule has 12 heteroatoms. The number of rotatable bonds is 7. The van der Waals surface area contributed by atoms with Gasteiger partial charge in [0.2, 0.25) is 0 Å². The summed E-state index contributed by atoms with van der Waals surface area (Å²) in [6.45, 7) is 1.11. The molecule has 0 saturated heterocycles. The van der Waals surface area contributed by atoms with E-state index in [2.05, 4.69) is 9.72 Å². The number of carbonyl (C=O) groups excluding carboxylic acids is 3. The van der Waals surface area contributed by atoms with Gasteiger partial charge in [0, 0.05) is 13.3 Å². The zero-order valence-corrected chi connectivity index (χ0v) is 12.1. The number of nitrogens with one attached hydrogen (secondary N) is 2. The molecule has 23 heavy (non-hydrogen) atoms. The number of hydrogen-bond acceptors (Lipinski definition) is 8. The van der Waals surface area contributed by atoms with Gasteiger partial charge in [0.1, 0.15) is 6.20 Å². The minimum atomic E-state index is -1.14. The number of nitrogens with zero attached hydrogens (tertiary/aromatic N) is 3. The van der Waals surface area contributed by atoms with E-state index in [1.165, 1.54) is 10.0 Å². The highest BCUT2D eigenvalue weighted by Gasteiger charge is 2.17. The summed E-state index contributed by atoms with van der Waals surface area (Å²) in [5.74, 6) is -1.35. The van der Waals surface area contributed by atoms with Gasteiger partial charge in [-0.15, -0.1) is 0 Å². The van der Waals surface area contributed by atoms with Gasteiger partial charge < -0.3 is 14.9 Å². The van der Waals surface area contributed by atoms with Crippen molar-refractivity contribution in [2.75, 3.05) is 6.61 Å². The third kappa shape index (κ3) is 5.70. The number of hydroxylamine groups is 1. The first-order chi connectivity index (χ1) is 10.8. The molecule has 0 fully saturated rings. The Morgan fingerprint density at radius 1 is 1.48 bits per heavy atom. The summed E-state index contributed by atoms with van der Waals surface area (Å²) >= 11 is 0. The molecule has 0 radical (unpaired) electrons. The molecule has 0 unspecified atom stereocenters. The fourth-order valence-electron chi connectivity index (χ4n) is 1.67. The molecule has 0 atom stereocenters. The molecule has 12 nitrogen and oxygen atoms in total. The quantitative estimate of drug-likeness (QED) is 0.264. The van der Waals surface area contributed by atoms with Crippen LogP contribution in [-0.4, -0.2) is 44.2 Å². The third-order valence-corrected chi connectivity index (χ3v) is 2.70. The first-order valence-electron chi connectivity index (χ1n) is 6.41. The van der Waals surface area contributed by atoms with Crippen molar-refractivity contribution in [1.29, 1.82) is 0 Å². The monoisotopic (exact) mass is 329 g/mol. The van der Waals surface area contributed by atoms with Gasteiger partial charge in [0.05, 0.1) is 6.54 Å². The molecule has 1 rings (SSSR count). The highest BCUT2D eigenvalue weighted by Crippen LogP contribution is 2.14. The molecule has 0 saturated carbocycles. The van der Waals surface area contributed by atoms with Gasteiger partial charge >= 0.3 is 17.8 Å². The maximum absolute atomic E-state index is 11.4. The second-order valence-corrected chi connectivity index (χ2v) is 4.33. The van der Waals surface area contributed by atoms with Crippen LogP contribution in [0.4, 0.5) is 10.6 Å². The van der Waals surface area contributed by atoms with Crippen LogP contribution in [-0.2, 0) is 20.9 Å². The largest absolute Gasteiger partial charge is 0.456 e. The summed E-state index contributed by atoms with van der Waals surface area (Å²) in [5.41, 5.74) is 1.18. The van der Waals surface area contributed by atoms with Crippen LogP contribution in [0.5, 0.6) is 0 Å². The highest BCUT2D eigenvalue weighted by molar-refractivity contribution is 5.95. The first-order valence-corrected chi connectivity index (χ1v) is 6.41. The lowest BCUT2D eigenvalue weighted by atomic mass is 10.3. The summed E-state index contributed by atoms with van der Waals surface area (Å²) in [4.78, 5) is 47.1. The van der Waals surface area contributed by atoms with Crippen LogP contribution in [0, 0.1) is 17.0 Å². The zero-order valence-electron chi connectivity index (χ0n) is 12.1. The molecule has 0 aliphatic carbocycles. The number of aryl methyl sites for hydroxylation is 1. The van der Waals surface area contributed by atoms with E-state index in [-0.39, 0.29) is 25.2 Å². The van der Waals surface area contributed by atoms with Gasteiger partial charge in [-0.25, -0.2) is 19.8 Å². The Balaban J connectivity index is 2.35. The molecular weight excluding hydrogens is 314 g/mol. The molecule has 0 aromatic carbocycles. The molecule has 0 spiro atoms. The molecule has 1 heterocycles. The van der Waals surface area contributed by atoms with E-state index in [1.807, 2.05) is 0 Å². The van der Waals surface area contributed by atoms with Crippen LogP contribution >= 0.6 is 0 Å². The van der Waals surface area contributed by atoms with Crippen LogP contribution in [0.1, 0.15) is 18.7 Å². The van der Waals surface area contributed by atoms with E-state index in [1.54, 1.807) is 12.2 Å². The normalized spacial score (nSPS) is 10.0. The van der Waals surface area contributed by atoms with Crippen molar-refractivity contribution in [1.82, 2.24) is 20.3 Å². The van der Waals surface area contributed by atoms with Crippen LogP contribution in [0.2, 0.25) is 0 Å². The molecule has 0 aliphatic heterocycles. The zero-order chi connectivity index (χ0) is 17.4. The van der Waals surface area contributed by atoms with Crippen LogP contribution in [0.15, 0.2) is 6.20 Å². The van der Waals surface area contributed by atoms with Crippen molar-refractivity contribution in [2.45, 2.75) is 26.3 Å². The van der Waals surface area contributed by atoms with Crippen LogP contribution in [0.25, 0.3) is 0 Å². The lowest BCUT2D eigenvalue weighted by molar-refractivity contribution is -0.392. The predicted octanol–water partition coefficient (Wildman–Crippen LogP) is -0.362. The second kappa shape index (κ2) is 8.43. The predicted molar refractivity (Wildman–Crippen MR) is 72.3 cm³/mol. The van der Waals surface area contributed by atoms with Crippen molar-refractivity contribution in [3.63, 3.8) is 0 Å². The Morgan fingerprint density at radius 2 is 2.17 bits per heavy atom. The fourth-order valence-corrected chi connectivity index (χ4v) is 1.67. The second-order valence-electron chi connectivity index (χ2n) is 4.33.